The highest BCUT2D eigenvalue weighted by Gasteiger charge is 1.96. The van der Waals surface area contributed by atoms with Gasteiger partial charge in [-0.3, -0.25) is 0 Å². The summed E-state index contributed by atoms with van der Waals surface area (Å²) in [7, 11) is 0. The van der Waals surface area contributed by atoms with Gasteiger partial charge in [0.15, 0.2) is 0 Å². The van der Waals surface area contributed by atoms with E-state index in [9.17, 15) is 0 Å². The van der Waals surface area contributed by atoms with Crippen LogP contribution in [0.2, 0.25) is 0 Å². The van der Waals surface area contributed by atoms with Crippen LogP contribution in [0.3, 0.4) is 0 Å². The minimum Gasteiger partial charge on any atom is -0.494 e. The maximum absolute atomic E-state index is 5.64. The van der Waals surface area contributed by atoms with Gasteiger partial charge in [-0.25, -0.2) is 0 Å². The van der Waals surface area contributed by atoms with Crippen LogP contribution in [0, 0.1) is 0 Å². The molecule has 0 aliphatic heterocycles. The Bertz CT molecular complexity index is 431. The van der Waals surface area contributed by atoms with Gasteiger partial charge in [0.1, 0.15) is 5.75 Å². The maximum atomic E-state index is 5.64. The second-order valence-corrected chi connectivity index (χ2v) is 5.06. The molecule has 0 aliphatic rings. The Balaban J connectivity index is 1.73. The molecule has 0 atom stereocenters. The van der Waals surface area contributed by atoms with E-state index in [2.05, 4.69) is 40.2 Å². The van der Waals surface area contributed by atoms with E-state index in [1.165, 1.54) is 5.56 Å². The minimum atomic E-state index is 0.722. The molecular weight excluding hydrogens is 290 g/mol. The molecular formula is C15H16BrNO. The van der Waals surface area contributed by atoms with Crippen molar-refractivity contribution < 1.29 is 4.74 Å². The van der Waals surface area contributed by atoms with Gasteiger partial charge in [0, 0.05) is 10.2 Å². The summed E-state index contributed by atoms with van der Waals surface area (Å²) in [4.78, 5) is 0. The molecule has 0 bridgehead atoms. The first-order valence-corrected chi connectivity index (χ1v) is 6.76. The summed E-state index contributed by atoms with van der Waals surface area (Å²) in [6.45, 7) is 0.722. The highest BCUT2D eigenvalue weighted by Crippen LogP contribution is 2.14. The molecule has 2 aromatic carbocycles. The van der Waals surface area contributed by atoms with Gasteiger partial charge in [0.25, 0.3) is 0 Å². The van der Waals surface area contributed by atoms with Crippen molar-refractivity contribution >= 4 is 21.6 Å². The molecule has 0 spiro atoms. The highest BCUT2D eigenvalue weighted by molar-refractivity contribution is 9.10. The summed E-state index contributed by atoms with van der Waals surface area (Å²) in [5.41, 5.74) is 7.70. The van der Waals surface area contributed by atoms with Crippen LogP contribution < -0.4 is 10.5 Å². The number of hydrogen-bond donors (Lipinski definition) is 1. The van der Waals surface area contributed by atoms with Crippen LogP contribution in [0.4, 0.5) is 5.69 Å². The van der Waals surface area contributed by atoms with Gasteiger partial charge in [-0.05, 0) is 54.8 Å². The van der Waals surface area contributed by atoms with Crippen LogP contribution >= 0.6 is 15.9 Å². The molecule has 0 unspecified atom stereocenters. The zero-order valence-electron chi connectivity index (χ0n) is 10.1. The Morgan fingerprint density at radius 2 is 1.61 bits per heavy atom. The molecule has 0 heterocycles. The Labute approximate surface area is 116 Å². The Morgan fingerprint density at radius 3 is 2.28 bits per heavy atom. The molecule has 0 radical (unpaired) electrons. The molecule has 0 fully saturated rings. The SMILES string of the molecule is Nc1ccc(OCCCc2ccc(Br)cc2)cc1. The van der Waals surface area contributed by atoms with E-state index < -0.39 is 0 Å². The number of nitrogens with two attached hydrogens (primary N) is 1. The van der Waals surface area contributed by atoms with Crippen molar-refractivity contribution in [2.24, 2.45) is 0 Å². The smallest absolute Gasteiger partial charge is 0.119 e. The predicted molar refractivity (Wildman–Crippen MR) is 78.8 cm³/mol. The Kier molecular flexibility index (Phi) is 4.65. The van der Waals surface area contributed by atoms with Crippen molar-refractivity contribution in [3.63, 3.8) is 0 Å². The molecule has 2 rings (SSSR count). The number of aryl methyl sites for hydroxylation is 1. The third-order valence-corrected chi connectivity index (χ3v) is 3.20. The van der Waals surface area contributed by atoms with Crippen molar-refractivity contribution in [2.75, 3.05) is 12.3 Å². The number of halogens is 1. The van der Waals surface area contributed by atoms with Gasteiger partial charge in [-0.15, -0.1) is 0 Å². The summed E-state index contributed by atoms with van der Waals surface area (Å²) in [6, 6.07) is 15.9. The van der Waals surface area contributed by atoms with E-state index in [1.807, 2.05) is 24.3 Å². The summed E-state index contributed by atoms with van der Waals surface area (Å²) in [5.74, 6) is 0.875. The third kappa shape index (κ3) is 4.08. The number of anilines is 1. The largest absolute Gasteiger partial charge is 0.494 e. The number of hydrogen-bond acceptors (Lipinski definition) is 2. The zero-order chi connectivity index (χ0) is 12.8. The topological polar surface area (TPSA) is 35.2 Å². The van der Waals surface area contributed by atoms with Gasteiger partial charge < -0.3 is 10.5 Å². The summed E-state index contributed by atoms with van der Waals surface area (Å²) in [6.07, 6.45) is 2.04. The molecule has 0 amide bonds. The van der Waals surface area contributed by atoms with E-state index >= 15 is 0 Å². The van der Waals surface area contributed by atoms with Crippen LogP contribution in [0.5, 0.6) is 5.75 Å². The number of rotatable bonds is 5. The molecule has 0 saturated heterocycles. The first-order chi connectivity index (χ1) is 8.74. The van der Waals surface area contributed by atoms with Crippen LogP contribution in [-0.4, -0.2) is 6.61 Å². The van der Waals surface area contributed by atoms with Crippen molar-refractivity contribution in [3.05, 3.63) is 58.6 Å². The van der Waals surface area contributed by atoms with Crippen molar-refractivity contribution in [2.45, 2.75) is 12.8 Å². The van der Waals surface area contributed by atoms with E-state index in [1.54, 1.807) is 0 Å². The van der Waals surface area contributed by atoms with Crippen LogP contribution in [-0.2, 0) is 6.42 Å². The van der Waals surface area contributed by atoms with Gasteiger partial charge in [-0.1, -0.05) is 28.1 Å². The second-order valence-electron chi connectivity index (χ2n) is 4.15. The Morgan fingerprint density at radius 1 is 0.944 bits per heavy atom. The molecule has 0 aromatic heterocycles. The lowest BCUT2D eigenvalue weighted by Gasteiger charge is -2.06. The molecule has 94 valence electrons. The van der Waals surface area contributed by atoms with Gasteiger partial charge in [0.05, 0.1) is 6.61 Å². The number of ether oxygens (including phenoxy) is 1. The van der Waals surface area contributed by atoms with Crippen LogP contribution in [0.25, 0.3) is 0 Å². The summed E-state index contributed by atoms with van der Waals surface area (Å²) < 4.78 is 6.76. The normalized spacial score (nSPS) is 10.3. The average molecular weight is 306 g/mol. The molecule has 2 aromatic rings. The standard InChI is InChI=1S/C15H16BrNO/c16-13-5-3-12(4-6-13)2-1-11-18-15-9-7-14(17)8-10-15/h3-10H,1-2,11,17H2. The van der Waals surface area contributed by atoms with E-state index in [0.717, 1.165) is 35.4 Å². The average Bonchev–Trinajstić information content (AvgIpc) is 2.39. The monoisotopic (exact) mass is 305 g/mol. The van der Waals surface area contributed by atoms with Crippen LogP contribution in [0.15, 0.2) is 53.0 Å². The van der Waals surface area contributed by atoms with Crippen molar-refractivity contribution in [1.82, 2.24) is 0 Å². The summed E-state index contributed by atoms with van der Waals surface area (Å²) >= 11 is 3.43. The lowest BCUT2D eigenvalue weighted by Crippen LogP contribution is -1.99. The number of nitrogen functional groups attached to an aromatic ring is 1. The molecule has 2 nitrogen and oxygen atoms in total. The Hall–Kier alpha value is -1.48. The second kappa shape index (κ2) is 6.45. The van der Waals surface area contributed by atoms with Crippen molar-refractivity contribution in [3.8, 4) is 5.75 Å². The van der Waals surface area contributed by atoms with E-state index in [0.29, 0.717) is 0 Å². The van der Waals surface area contributed by atoms with E-state index in [-0.39, 0.29) is 0 Å². The lowest BCUT2D eigenvalue weighted by molar-refractivity contribution is 0.311. The van der Waals surface area contributed by atoms with Crippen LogP contribution in [0.1, 0.15) is 12.0 Å². The first kappa shape index (κ1) is 13.0. The molecule has 18 heavy (non-hydrogen) atoms. The van der Waals surface area contributed by atoms with Crippen molar-refractivity contribution in [1.29, 1.82) is 0 Å². The fourth-order valence-electron chi connectivity index (χ4n) is 1.68. The predicted octanol–water partition coefficient (Wildman–Crippen LogP) is 4.04. The molecule has 0 aliphatic carbocycles. The molecule has 2 N–H and O–H groups in total. The fraction of sp³-hybridized carbons (Fsp3) is 0.200. The number of benzene rings is 2. The summed E-state index contributed by atoms with van der Waals surface area (Å²) in [5, 5.41) is 0. The van der Waals surface area contributed by atoms with Gasteiger partial charge in [-0.2, -0.15) is 0 Å². The quantitative estimate of drug-likeness (QED) is 0.668. The zero-order valence-corrected chi connectivity index (χ0v) is 11.7. The van der Waals surface area contributed by atoms with Gasteiger partial charge >= 0.3 is 0 Å². The maximum Gasteiger partial charge on any atom is 0.119 e. The van der Waals surface area contributed by atoms with Gasteiger partial charge in [0.2, 0.25) is 0 Å². The molecule has 3 heteroatoms. The molecule has 0 saturated carbocycles. The lowest BCUT2D eigenvalue weighted by atomic mass is 10.1. The first-order valence-electron chi connectivity index (χ1n) is 5.97. The minimum absolute atomic E-state index is 0.722. The highest BCUT2D eigenvalue weighted by atomic mass is 79.9. The van der Waals surface area contributed by atoms with E-state index in [4.69, 9.17) is 10.5 Å². The third-order valence-electron chi connectivity index (χ3n) is 2.67. The fourth-order valence-corrected chi connectivity index (χ4v) is 1.95.